The van der Waals surface area contributed by atoms with Gasteiger partial charge in [0.15, 0.2) is 5.96 Å². The van der Waals surface area contributed by atoms with Gasteiger partial charge in [0.05, 0.1) is 13.2 Å². The van der Waals surface area contributed by atoms with Crippen LogP contribution in [-0.2, 0) is 19.0 Å². The van der Waals surface area contributed by atoms with E-state index < -0.39 is 0 Å². The van der Waals surface area contributed by atoms with Crippen molar-refractivity contribution in [2.24, 2.45) is 10.9 Å². The van der Waals surface area contributed by atoms with Crippen LogP contribution in [0.25, 0.3) is 0 Å². The minimum Gasteiger partial charge on any atom is -0.382 e. The van der Waals surface area contributed by atoms with E-state index in [0.29, 0.717) is 25.1 Å². The van der Waals surface area contributed by atoms with E-state index in [1.54, 1.807) is 14.1 Å². The number of guanidine groups is 1. The molecular weight excluding hydrogens is 463 g/mol. The summed E-state index contributed by atoms with van der Waals surface area (Å²) in [5.74, 6) is 1.17. The Morgan fingerprint density at radius 2 is 1.85 bits per heavy atom. The number of halogens is 1. The molecule has 27 heavy (non-hydrogen) atoms. The zero-order chi connectivity index (χ0) is 19.0. The molecule has 0 aromatic heterocycles. The van der Waals surface area contributed by atoms with Gasteiger partial charge in [0.25, 0.3) is 0 Å². The maximum Gasteiger partial charge on any atom is 0.243 e. The van der Waals surface area contributed by atoms with E-state index in [-0.39, 0.29) is 36.4 Å². The van der Waals surface area contributed by atoms with Crippen LogP contribution < -0.4 is 10.6 Å². The summed E-state index contributed by atoms with van der Waals surface area (Å²) in [5.41, 5.74) is 0. The highest BCUT2D eigenvalue weighted by atomic mass is 127. The lowest BCUT2D eigenvalue weighted by Crippen LogP contribution is -2.40. The topological polar surface area (TPSA) is 84.4 Å². The quantitative estimate of drug-likeness (QED) is 0.171. The van der Waals surface area contributed by atoms with E-state index in [9.17, 15) is 4.79 Å². The zero-order valence-corrected chi connectivity index (χ0v) is 19.3. The number of hydrogen-bond acceptors (Lipinski definition) is 5. The number of rotatable bonds is 13. The first-order valence-corrected chi connectivity index (χ1v) is 9.59. The Balaban J connectivity index is 0.00000676. The number of nitrogens with zero attached hydrogens (tertiary/aromatic N) is 2. The average molecular weight is 500 g/mol. The Labute approximate surface area is 180 Å². The molecule has 0 radical (unpaired) electrons. The highest BCUT2D eigenvalue weighted by Crippen LogP contribution is 2.12. The van der Waals surface area contributed by atoms with Crippen molar-refractivity contribution in [2.45, 2.75) is 26.2 Å². The fraction of sp³-hybridized carbons (Fsp3) is 0.889. The second-order valence-electron chi connectivity index (χ2n) is 6.52. The van der Waals surface area contributed by atoms with E-state index in [1.807, 2.05) is 6.92 Å². The monoisotopic (exact) mass is 500 g/mol. The van der Waals surface area contributed by atoms with Crippen molar-refractivity contribution in [2.75, 3.05) is 73.4 Å². The smallest absolute Gasteiger partial charge is 0.243 e. The number of aliphatic imine (C=N–C) groups is 1. The van der Waals surface area contributed by atoms with Crippen LogP contribution >= 0.6 is 24.0 Å². The zero-order valence-electron chi connectivity index (χ0n) is 17.0. The van der Waals surface area contributed by atoms with Gasteiger partial charge >= 0.3 is 0 Å². The first kappa shape index (κ1) is 26.4. The Bertz CT molecular complexity index is 405. The van der Waals surface area contributed by atoms with E-state index >= 15 is 0 Å². The highest BCUT2D eigenvalue weighted by molar-refractivity contribution is 14.0. The molecule has 0 bridgehead atoms. The van der Waals surface area contributed by atoms with E-state index in [0.717, 1.165) is 58.8 Å². The lowest BCUT2D eigenvalue weighted by Gasteiger charge is -2.14. The summed E-state index contributed by atoms with van der Waals surface area (Å²) in [6.45, 7) is 8.20. The van der Waals surface area contributed by atoms with Crippen LogP contribution in [0.2, 0.25) is 0 Å². The molecule has 9 heteroatoms. The molecule has 160 valence electrons. The van der Waals surface area contributed by atoms with Gasteiger partial charge in [0, 0.05) is 59.5 Å². The Hall–Kier alpha value is -0.650. The van der Waals surface area contributed by atoms with Crippen LogP contribution in [0.5, 0.6) is 0 Å². The molecule has 1 amide bonds. The van der Waals surface area contributed by atoms with Crippen LogP contribution in [0, 0.1) is 5.92 Å². The van der Waals surface area contributed by atoms with Crippen LogP contribution in [0.3, 0.4) is 0 Å². The summed E-state index contributed by atoms with van der Waals surface area (Å²) < 4.78 is 16.4. The molecule has 1 heterocycles. The molecule has 1 fully saturated rings. The summed E-state index contributed by atoms with van der Waals surface area (Å²) >= 11 is 0. The fourth-order valence-corrected chi connectivity index (χ4v) is 2.33. The van der Waals surface area contributed by atoms with Crippen LogP contribution in [0.4, 0.5) is 0 Å². The van der Waals surface area contributed by atoms with Gasteiger partial charge < -0.3 is 29.7 Å². The highest BCUT2D eigenvalue weighted by Gasteiger charge is 2.15. The molecule has 0 aromatic carbocycles. The van der Waals surface area contributed by atoms with Gasteiger partial charge in [-0.25, -0.2) is 4.99 Å². The van der Waals surface area contributed by atoms with E-state index in [2.05, 4.69) is 15.6 Å². The van der Waals surface area contributed by atoms with Gasteiger partial charge in [-0.1, -0.05) is 0 Å². The Kier molecular flexibility index (Phi) is 17.0. The number of likely N-dealkylation sites (N-methyl/N-ethyl adjacent to an activating group) is 1. The largest absolute Gasteiger partial charge is 0.382 e. The Morgan fingerprint density at radius 1 is 1.19 bits per heavy atom. The minimum absolute atomic E-state index is 0. The Morgan fingerprint density at radius 3 is 2.41 bits per heavy atom. The van der Waals surface area contributed by atoms with Crippen molar-refractivity contribution in [1.29, 1.82) is 0 Å². The van der Waals surface area contributed by atoms with Crippen molar-refractivity contribution in [1.82, 2.24) is 15.5 Å². The third kappa shape index (κ3) is 14.1. The van der Waals surface area contributed by atoms with Gasteiger partial charge in [0.2, 0.25) is 5.91 Å². The van der Waals surface area contributed by atoms with Crippen molar-refractivity contribution in [3.05, 3.63) is 0 Å². The van der Waals surface area contributed by atoms with Crippen molar-refractivity contribution >= 4 is 35.8 Å². The molecule has 1 aliphatic heterocycles. The molecule has 0 spiro atoms. The summed E-state index contributed by atoms with van der Waals surface area (Å²) in [7, 11) is 3.46. The molecule has 0 saturated carbocycles. The first-order valence-electron chi connectivity index (χ1n) is 9.59. The second-order valence-corrected chi connectivity index (χ2v) is 6.52. The van der Waals surface area contributed by atoms with Crippen LogP contribution in [-0.4, -0.2) is 90.1 Å². The predicted molar refractivity (Wildman–Crippen MR) is 118 cm³/mol. The normalized spacial score (nSPS) is 16.7. The maximum absolute atomic E-state index is 11.7. The number of ether oxygens (including phenoxy) is 3. The third-order valence-electron chi connectivity index (χ3n) is 3.97. The predicted octanol–water partition coefficient (Wildman–Crippen LogP) is 1.10. The molecule has 1 rings (SSSR count). The molecule has 8 nitrogen and oxygen atoms in total. The molecule has 1 unspecified atom stereocenters. The maximum atomic E-state index is 11.7. The fourth-order valence-electron chi connectivity index (χ4n) is 2.33. The molecule has 1 aliphatic rings. The molecule has 2 N–H and O–H groups in total. The van der Waals surface area contributed by atoms with Gasteiger partial charge in [0.1, 0.15) is 6.54 Å². The molecule has 0 aliphatic carbocycles. The number of carbonyl (C=O) groups is 1. The summed E-state index contributed by atoms with van der Waals surface area (Å²) in [6, 6.07) is 0. The van der Waals surface area contributed by atoms with E-state index in [1.165, 1.54) is 4.90 Å². The molecule has 1 saturated heterocycles. The molecular formula is C18H37IN4O4. The number of hydrogen-bond donors (Lipinski definition) is 2. The molecule has 1 atom stereocenters. The first-order chi connectivity index (χ1) is 12.6. The average Bonchev–Trinajstić information content (AvgIpc) is 3.14. The summed E-state index contributed by atoms with van der Waals surface area (Å²) in [4.78, 5) is 17.6. The lowest BCUT2D eigenvalue weighted by molar-refractivity contribution is -0.127. The van der Waals surface area contributed by atoms with Crippen molar-refractivity contribution in [3.8, 4) is 0 Å². The van der Waals surface area contributed by atoms with Crippen molar-refractivity contribution < 1.29 is 19.0 Å². The standard InChI is InChI=1S/C18H36N4O4.HI/c1-4-24-10-5-8-19-18(21-13-17(23)22(2)3)20-9-6-11-25-14-16-7-12-26-15-16;/h16H,4-15H2,1-3H3,(H2,19,20,21);1H. The van der Waals surface area contributed by atoms with Crippen molar-refractivity contribution in [3.63, 3.8) is 0 Å². The minimum atomic E-state index is -0.0254. The lowest BCUT2D eigenvalue weighted by atomic mass is 10.1. The van der Waals surface area contributed by atoms with Crippen LogP contribution in [0.1, 0.15) is 26.2 Å². The summed E-state index contributed by atoms with van der Waals surface area (Å²) in [5, 5.41) is 6.50. The SMILES string of the molecule is CCOCCCNC(=NCC(=O)N(C)C)NCCCOCC1CCOC1.I. The van der Waals surface area contributed by atoms with Crippen LogP contribution in [0.15, 0.2) is 4.99 Å². The van der Waals surface area contributed by atoms with Gasteiger partial charge in [-0.3, -0.25) is 4.79 Å². The number of nitrogens with one attached hydrogen (secondary N) is 2. The number of carbonyl (C=O) groups excluding carboxylic acids is 1. The number of amides is 1. The van der Waals surface area contributed by atoms with Gasteiger partial charge in [-0.2, -0.15) is 0 Å². The van der Waals surface area contributed by atoms with Gasteiger partial charge in [-0.05, 0) is 26.2 Å². The molecule has 0 aromatic rings. The summed E-state index contributed by atoms with van der Waals surface area (Å²) in [6.07, 6.45) is 2.87. The second kappa shape index (κ2) is 17.4. The third-order valence-corrected chi connectivity index (χ3v) is 3.97. The van der Waals surface area contributed by atoms with Gasteiger partial charge in [-0.15, -0.1) is 24.0 Å². The van der Waals surface area contributed by atoms with E-state index in [4.69, 9.17) is 14.2 Å².